The van der Waals surface area contributed by atoms with Crippen molar-refractivity contribution in [1.29, 1.82) is 0 Å². The van der Waals surface area contributed by atoms with E-state index in [4.69, 9.17) is 14.2 Å². The molecule has 0 saturated heterocycles. The van der Waals surface area contributed by atoms with E-state index < -0.39 is 120 Å². The summed E-state index contributed by atoms with van der Waals surface area (Å²) in [6.07, 6.45) is -1.80. The number of benzene rings is 3. The topological polar surface area (TPSA) is 286 Å². The predicted octanol–water partition coefficient (Wildman–Crippen LogP) is 2.64. The van der Waals surface area contributed by atoms with Crippen LogP contribution in [-0.4, -0.2) is 114 Å². The highest BCUT2D eigenvalue weighted by Gasteiger charge is 2.36. The fraction of sp³-hybridized carbons (Fsp3) is 0.471. The van der Waals surface area contributed by atoms with Gasteiger partial charge in [0, 0.05) is 12.8 Å². The minimum atomic E-state index is -1.67. The number of alkyl carbamates (subject to hydrolysis) is 1. The molecule has 0 spiro atoms. The second kappa shape index (κ2) is 28.2. The third-order valence-electron chi connectivity index (χ3n) is 10.5. The SMILES string of the molecule is CCOC(=O)CNC(=O)[C@@H](NC(=O)[C@@H](NC(=O)[C@H](CC(=O)OC(C)(C)C)NC(=O)[C@H](Cc1ccccc1)NC(=O)[C@@H](C)NC(=O)[C@H](Cc1ccc(O)cc1)NC(=O)OCc1ccccc1)C(C)C)C(C)C. The van der Waals surface area contributed by atoms with Crippen LogP contribution in [0.2, 0.25) is 0 Å². The molecule has 0 aliphatic heterocycles. The molecule has 3 rings (SSSR count). The minimum absolute atomic E-state index is 0.0168. The number of phenols is 1. The van der Waals surface area contributed by atoms with Crippen LogP contribution in [0, 0.1) is 11.8 Å². The zero-order chi connectivity index (χ0) is 52.8. The molecule has 6 atom stereocenters. The molecule has 7 amide bonds. The van der Waals surface area contributed by atoms with Gasteiger partial charge in [0.05, 0.1) is 13.0 Å². The van der Waals surface area contributed by atoms with Crippen molar-refractivity contribution in [3.63, 3.8) is 0 Å². The molecule has 0 bridgehead atoms. The molecule has 0 heterocycles. The number of hydrogen-bond donors (Lipinski definition) is 8. The summed E-state index contributed by atoms with van der Waals surface area (Å²) in [5.74, 6) is -7.56. The normalized spacial score (nSPS) is 13.7. The quantitative estimate of drug-likeness (QED) is 0.0448. The minimum Gasteiger partial charge on any atom is -0.508 e. The Morgan fingerprint density at radius 1 is 0.521 bits per heavy atom. The number of ether oxygens (including phenoxy) is 3. The van der Waals surface area contributed by atoms with Crippen molar-refractivity contribution in [2.45, 2.75) is 130 Å². The summed E-state index contributed by atoms with van der Waals surface area (Å²) in [7, 11) is 0. The van der Waals surface area contributed by atoms with Gasteiger partial charge in [-0.25, -0.2) is 4.79 Å². The van der Waals surface area contributed by atoms with Gasteiger partial charge < -0.3 is 56.5 Å². The van der Waals surface area contributed by atoms with Gasteiger partial charge in [0.2, 0.25) is 35.4 Å². The molecular weight excluding hydrogens is 919 g/mol. The molecule has 0 radical (unpaired) electrons. The van der Waals surface area contributed by atoms with Crippen molar-refractivity contribution in [3.05, 3.63) is 102 Å². The van der Waals surface area contributed by atoms with E-state index in [0.29, 0.717) is 16.7 Å². The fourth-order valence-electron chi connectivity index (χ4n) is 6.80. The van der Waals surface area contributed by atoms with Crippen LogP contribution in [0.25, 0.3) is 0 Å². The smallest absolute Gasteiger partial charge is 0.408 e. The van der Waals surface area contributed by atoms with E-state index in [9.17, 15) is 48.3 Å². The first-order valence-electron chi connectivity index (χ1n) is 23.4. The maximum absolute atomic E-state index is 14.3. The van der Waals surface area contributed by atoms with E-state index in [1.165, 1.54) is 19.1 Å². The van der Waals surface area contributed by atoms with Gasteiger partial charge in [0.1, 0.15) is 60.8 Å². The van der Waals surface area contributed by atoms with Gasteiger partial charge in [-0.2, -0.15) is 0 Å². The van der Waals surface area contributed by atoms with Crippen molar-refractivity contribution in [2.24, 2.45) is 11.8 Å². The van der Waals surface area contributed by atoms with Gasteiger partial charge in [0.25, 0.3) is 0 Å². The number of esters is 2. The maximum Gasteiger partial charge on any atom is 0.408 e. The highest BCUT2D eigenvalue weighted by atomic mass is 16.6. The highest BCUT2D eigenvalue weighted by Crippen LogP contribution is 2.15. The summed E-state index contributed by atoms with van der Waals surface area (Å²) >= 11 is 0. The summed E-state index contributed by atoms with van der Waals surface area (Å²) in [5.41, 5.74) is 0.859. The molecule has 0 saturated carbocycles. The summed E-state index contributed by atoms with van der Waals surface area (Å²) in [4.78, 5) is 121. The summed E-state index contributed by atoms with van der Waals surface area (Å²) in [6.45, 7) is 14.0. The number of hydrogen-bond acceptors (Lipinski definition) is 13. The lowest BCUT2D eigenvalue weighted by molar-refractivity contribution is -0.156. The molecule has 0 fully saturated rings. The number of aromatic hydroxyl groups is 1. The molecule has 0 aliphatic carbocycles. The van der Waals surface area contributed by atoms with Gasteiger partial charge in [-0.05, 0) is 75.3 Å². The van der Waals surface area contributed by atoms with E-state index in [1.807, 2.05) is 0 Å². The first-order chi connectivity index (χ1) is 33.5. The Bertz CT molecular complexity index is 2270. The summed E-state index contributed by atoms with van der Waals surface area (Å²) in [6, 6.07) is 15.3. The van der Waals surface area contributed by atoms with Crippen LogP contribution in [0.5, 0.6) is 5.75 Å². The van der Waals surface area contributed by atoms with Gasteiger partial charge in [-0.15, -0.1) is 0 Å². The Balaban J connectivity index is 1.87. The lowest BCUT2D eigenvalue weighted by Gasteiger charge is -2.29. The fourth-order valence-corrected chi connectivity index (χ4v) is 6.80. The van der Waals surface area contributed by atoms with E-state index in [-0.39, 0.29) is 31.8 Å². The van der Waals surface area contributed by atoms with Crippen LogP contribution in [-0.2, 0) is 72.0 Å². The number of phenolic OH excluding ortho intramolecular Hbond substituents is 1. The number of amides is 7. The second-order valence-electron chi connectivity index (χ2n) is 18.4. The number of rotatable bonds is 25. The molecule has 20 heteroatoms. The Labute approximate surface area is 414 Å². The number of carbonyl (C=O) groups excluding carboxylic acids is 9. The second-order valence-corrected chi connectivity index (χ2v) is 18.4. The van der Waals surface area contributed by atoms with Crippen LogP contribution in [0.1, 0.15) is 85.4 Å². The van der Waals surface area contributed by atoms with Gasteiger partial charge in [-0.1, -0.05) is 100 Å². The summed E-state index contributed by atoms with van der Waals surface area (Å²) in [5, 5.41) is 27.8. The third-order valence-corrected chi connectivity index (χ3v) is 10.5. The largest absolute Gasteiger partial charge is 0.508 e. The van der Waals surface area contributed by atoms with Gasteiger partial charge in [0.15, 0.2) is 0 Å². The molecule has 3 aromatic rings. The molecular formula is C51H69N7O13. The first kappa shape index (κ1) is 57.8. The van der Waals surface area contributed by atoms with Gasteiger partial charge >= 0.3 is 18.0 Å². The molecule has 20 nitrogen and oxygen atoms in total. The van der Waals surface area contributed by atoms with Gasteiger partial charge in [-0.3, -0.25) is 38.4 Å². The van der Waals surface area contributed by atoms with Crippen LogP contribution in [0.4, 0.5) is 4.79 Å². The van der Waals surface area contributed by atoms with E-state index in [2.05, 4.69) is 37.2 Å². The van der Waals surface area contributed by atoms with Crippen molar-refractivity contribution >= 4 is 53.5 Å². The van der Waals surface area contributed by atoms with Crippen molar-refractivity contribution < 1.29 is 62.5 Å². The Kier molecular flexibility index (Phi) is 23.0. The van der Waals surface area contributed by atoms with Crippen LogP contribution in [0.15, 0.2) is 84.9 Å². The average Bonchev–Trinajstić information content (AvgIpc) is 3.30. The number of carbonyl (C=O) groups is 9. The molecule has 0 aliphatic rings. The monoisotopic (exact) mass is 987 g/mol. The van der Waals surface area contributed by atoms with Crippen LogP contribution in [0.3, 0.4) is 0 Å². The van der Waals surface area contributed by atoms with E-state index >= 15 is 0 Å². The lowest BCUT2D eigenvalue weighted by Crippen LogP contribution is -2.61. The van der Waals surface area contributed by atoms with Crippen LogP contribution < -0.4 is 37.2 Å². The molecule has 71 heavy (non-hydrogen) atoms. The zero-order valence-corrected chi connectivity index (χ0v) is 41.8. The zero-order valence-electron chi connectivity index (χ0n) is 41.8. The van der Waals surface area contributed by atoms with Crippen molar-refractivity contribution in [1.82, 2.24) is 37.2 Å². The van der Waals surface area contributed by atoms with Crippen molar-refractivity contribution in [3.8, 4) is 5.75 Å². The summed E-state index contributed by atoms with van der Waals surface area (Å²) < 4.78 is 15.7. The Morgan fingerprint density at radius 3 is 1.55 bits per heavy atom. The predicted molar refractivity (Wildman–Crippen MR) is 261 cm³/mol. The number of nitrogens with one attached hydrogen (secondary N) is 7. The highest BCUT2D eigenvalue weighted by molar-refractivity contribution is 5.98. The molecule has 0 unspecified atom stereocenters. The maximum atomic E-state index is 14.3. The molecule has 386 valence electrons. The Morgan fingerprint density at radius 2 is 1.00 bits per heavy atom. The first-order valence-corrected chi connectivity index (χ1v) is 23.4. The van der Waals surface area contributed by atoms with E-state index in [0.717, 1.165) is 0 Å². The Hall–Kier alpha value is -7.51. The van der Waals surface area contributed by atoms with Crippen molar-refractivity contribution in [2.75, 3.05) is 13.2 Å². The molecule has 8 N–H and O–H groups in total. The molecule has 3 aromatic carbocycles. The standard InChI is InChI=1S/C51H69N7O13/c1-10-69-41(61)28-52-48(66)42(30(2)3)58-49(67)43(31(4)5)57-47(65)39(27-40(60)71-51(7,8)9)55-46(64)37(25-33-17-13-11-14-18-33)54-44(62)32(6)53-45(63)38(26-34-21-23-36(59)24-22-34)56-50(68)70-29-35-19-15-12-16-20-35/h11-24,30-32,37-39,42-43,59H,10,25-29H2,1-9H3,(H,52,66)(H,53,63)(H,54,62)(H,55,64)(H,56,68)(H,57,65)(H,58,67)/t32-,37+,38+,39+,42+,43+/m1/s1. The average molecular weight is 988 g/mol. The third kappa shape index (κ3) is 20.9. The lowest BCUT2D eigenvalue weighted by atomic mass is 9.99. The molecule has 0 aromatic heterocycles. The van der Waals surface area contributed by atoms with Crippen LogP contribution >= 0.6 is 0 Å². The van der Waals surface area contributed by atoms with E-state index in [1.54, 1.807) is 128 Å².